The van der Waals surface area contributed by atoms with E-state index in [0.29, 0.717) is 4.52 Å². The van der Waals surface area contributed by atoms with Crippen LogP contribution in [0.15, 0.2) is 30.3 Å². The summed E-state index contributed by atoms with van der Waals surface area (Å²) < 4.78 is 76.2. The molecule has 0 radical (unpaired) electrons. The molecule has 11 heteroatoms. The number of rotatable bonds is 1. The van der Waals surface area contributed by atoms with Crippen LogP contribution in [0.1, 0.15) is 11.4 Å². The summed E-state index contributed by atoms with van der Waals surface area (Å²) in [7, 11) is 0. The summed E-state index contributed by atoms with van der Waals surface area (Å²) in [6.07, 6.45) is -9.26. The van der Waals surface area contributed by atoms with Crippen LogP contribution in [0, 0.1) is 0 Å². The van der Waals surface area contributed by atoms with Crippen LogP contribution in [-0.2, 0) is 12.4 Å². The van der Waals surface area contributed by atoms with Crippen LogP contribution in [0.5, 0.6) is 0 Å². The molecule has 24 heavy (non-hydrogen) atoms. The molecule has 1 aromatic carbocycles. The molecule has 3 aromatic rings. The van der Waals surface area contributed by atoms with E-state index >= 15 is 0 Å². The number of alkyl halides is 6. The molecule has 0 N–H and O–H groups in total. The van der Waals surface area contributed by atoms with E-state index in [1.54, 1.807) is 0 Å². The summed E-state index contributed by atoms with van der Waals surface area (Å²) in [5.74, 6) is -1.39. The molecule has 0 bridgehead atoms. The molecule has 0 saturated carbocycles. The van der Waals surface area contributed by atoms with E-state index < -0.39 is 29.0 Å². The molecule has 0 aliphatic rings. The predicted octanol–water partition coefficient (Wildman–Crippen LogP) is 4.48. The Labute approximate surface area is 134 Å². The van der Waals surface area contributed by atoms with Crippen LogP contribution in [0.4, 0.5) is 26.3 Å². The number of fused-ring (bicyclic) bond motifs is 1. The predicted molar refractivity (Wildman–Crippen MR) is 71.2 cm³/mol. The Kier molecular flexibility index (Phi) is 3.67. The van der Waals surface area contributed by atoms with E-state index in [-0.39, 0.29) is 16.9 Å². The highest BCUT2D eigenvalue weighted by atomic mass is 35.5. The topological polar surface area (TPSA) is 43.1 Å². The van der Waals surface area contributed by atoms with Gasteiger partial charge >= 0.3 is 12.4 Å². The third kappa shape index (κ3) is 3.01. The fourth-order valence-corrected chi connectivity index (χ4v) is 2.17. The summed E-state index contributed by atoms with van der Waals surface area (Å²) in [6.45, 7) is 0. The van der Waals surface area contributed by atoms with Crippen LogP contribution in [0.3, 0.4) is 0 Å². The summed E-state index contributed by atoms with van der Waals surface area (Å²) in [5, 5.41) is 2.80. The Balaban J connectivity index is 2.07. The van der Waals surface area contributed by atoms with Crippen molar-refractivity contribution in [2.45, 2.75) is 12.4 Å². The minimum atomic E-state index is -4.76. The highest BCUT2D eigenvalue weighted by Gasteiger charge is 2.36. The van der Waals surface area contributed by atoms with E-state index in [1.807, 2.05) is 0 Å². The van der Waals surface area contributed by atoms with Gasteiger partial charge in [-0.05, 0) is 23.7 Å². The third-order valence-electron chi connectivity index (χ3n) is 3.05. The summed E-state index contributed by atoms with van der Waals surface area (Å²) in [5.41, 5.74) is -0.774. The van der Waals surface area contributed by atoms with E-state index in [9.17, 15) is 26.3 Å². The van der Waals surface area contributed by atoms with E-state index in [1.165, 1.54) is 0 Å². The van der Waals surface area contributed by atoms with Crippen molar-refractivity contribution in [3.8, 4) is 11.3 Å². The average molecular weight is 367 g/mol. The molecule has 3 rings (SSSR count). The van der Waals surface area contributed by atoms with Crippen molar-refractivity contribution in [1.82, 2.24) is 19.6 Å². The molecule has 126 valence electrons. The van der Waals surface area contributed by atoms with Gasteiger partial charge in [-0.1, -0.05) is 12.1 Å². The molecule has 0 unspecified atom stereocenters. The van der Waals surface area contributed by atoms with Crippen molar-refractivity contribution in [2.24, 2.45) is 0 Å². The first-order chi connectivity index (χ1) is 11.1. The summed E-state index contributed by atoms with van der Waals surface area (Å²) >= 11 is 5.78. The maximum Gasteiger partial charge on any atom is 0.453 e. The standard InChI is InChI=1S/C13H5ClF6N4/c14-11-21-8(6-1-3-7(4-2-6)12(15,16)17)5-9-22-10(13(18,19)20)23-24(9)11/h1-5H. The summed E-state index contributed by atoms with van der Waals surface area (Å²) in [4.78, 5) is 7.15. The van der Waals surface area contributed by atoms with Gasteiger partial charge in [0.2, 0.25) is 5.28 Å². The highest BCUT2D eigenvalue weighted by Crippen LogP contribution is 2.32. The van der Waals surface area contributed by atoms with Crippen molar-refractivity contribution < 1.29 is 26.3 Å². The Hall–Kier alpha value is -2.36. The van der Waals surface area contributed by atoms with Gasteiger partial charge in [-0.3, -0.25) is 0 Å². The molecule has 0 spiro atoms. The molecule has 4 nitrogen and oxygen atoms in total. The number of halogens is 7. The molecule has 0 atom stereocenters. The quantitative estimate of drug-likeness (QED) is 0.471. The lowest BCUT2D eigenvalue weighted by atomic mass is 10.1. The van der Waals surface area contributed by atoms with Gasteiger partial charge in [0.1, 0.15) is 0 Å². The Morgan fingerprint density at radius 3 is 2.04 bits per heavy atom. The Morgan fingerprint density at radius 1 is 0.875 bits per heavy atom. The number of hydrogen-bond acceptors (Lipinski definition) is 3. The molecule has 0 fully saturated rings. The number of hydrogen-bond donors (Lipinski definition) is 0. The second-order valence-electron chi connectivity index (χ2n) is 4.69. The van der Waals surface area contributed by atoms with E-state index in [2.05, 4.69) is 15.1 Å². The molecule has 0 amide bonds. The minimum Gasteiger partial charge on any atom is -0.218 e. The van der Waals surface area contributed by atoms with Crippen LogP contribution >= 0.6 is 11.6 Å². The fourth-order valence-electron chi connectivity index (χ4n) is 1.95. The smallest absolute Gasteiger partial charge is 0.218 e. The zero-order valence-corrected chi connectivity index (χ0v) is 12.1. The van der Waals surface area contributed by atoms with Crippen LogP contribution in [-0.4, -0.2) is 19.6 Å². The average Bonchev–Trinajstić information content (AvgIpc) is 2.91. The van der Waals surface area contributed by atoms with Gasteiger partial charge in [-0.2, -0.15) is 30.9 Å². The zero-order chi connectivity index (χ0) is 17.7. The van der Waals surface area contributed by atoms with Gasteiger partial charge in [0.25, 0.3) is 5.82 Å². The lowest BCUT2D eigenvalue weighted by Crippen LogP contribution is -2.07. The van der Waals surface area contributed by atoms with Gasteiger partial charge in [0.15, 0.2) is 5.65 Å². The maximum absolute atomic E-state index is 12.6. The van der Waals surface area contributed by atoms with Crippen LogP contribution in [0.25, 0.3) is 16.9 Å². The van der Waals surface area contributed by atoms with Gasteiger partial charge in [-0.15, -0.1) is 5.10 Å². The zero-order valence-electron chi connectivity index (χ0n) is 11.3. The molecule has 2 aromatic heterocycles. The first kappa shape index (κ1) is 16.5. The van der Waals surface area contributed by atoms with Gasteiger partial charge in [0, 0.05) is 11.6 Å². The molecule has 0 aliphatic carbocycles. The van der Waals surface area contributed by atoms with Crippen LogP contribution < -0.4 is 0 Å². The van der Waals surface area contributed by atoms with Crippen molar-refractivity contribution in [3.05, 3.63) is 47.0 Å². The van der Waals surface area contributed by atoms with Crippen LogP contribution in [0.2, 0.25) is 5.28 Å². The second-order valence-corrected chi connectivity index (χ2v) is 5.03. The van der Waals surface area contributed by atoms with Gasteiger partial charge in [-0.25, -0.2) is 9.97 Å². The SMILES string of the molecule is FC(F)(F)c1ccc(-c2cc3nc(C(F)(F)F)nn3c(Cl)n2)cc1. The lowest BCUT2D eigenvalue weighted by molar-refractivity contribution is -0.144. The van der Waals surface area contributed by atoms with Gasteiger partial charge in [0.05, 0.1) is 11.3 Å². The molecular weight excluding hydrogens is 362 g/mol. The first-order valence-corrected chi connectivity index (χ1v) is 6.61. The van der Waals surface area contributed by atoms with E-state index in [0.717, 1.165) is 30.3 Å². The van der Waals surface area contributed by atoms with Crippen molar-refractivity contribution in [3.63, 3.8) is 0 Å². The van der Waals surface area contributed by atoms with E-state index in [4.69, 9.17) is 11.6 Å². The third-order valence-corrected chi connectivity index (χ3v) is 3.29. The fraction of sp³-hybridized carbons (Fsp3) is 0.154. The number of aromatic nitrogens is 4. The Bertz CT molecular complexity index is 898. The minimum absolute atomic E-state index is 0.0716. The maximum atomic E-state index is 12.6. The molecule has 0 aliphatic heterocycles. The molecule has 0 saturated heterocycles. The normalized spacial score (nSPS) is 12.8. The number of nitrogens with zero attached hydrogens (tertiary/aromatic N) is 4. The lowest BCUT2D eigenvalue weighted by Gasteiger charge is -2.07. The first-order valence-electron chi connectivity index (χ1n) is 6.24. The van der Waals surface area contributed by atoms with Crippen molar-refractivity contribution in [2.75, 3.05) is 0 Å². The van der Waals surface area contributed by atoms with Crippen molar-refractivity contribution >= 4 is 17.2 Å². The molecular formula is C13H5ClF6N4. The summed E-state index contributed by atoms with van der Waals surface area (Å²) in [6, 6.07) is 5.09. The highest BCUT2D eigenvalue weighted by molar-refractivity contribution is 6.28. The Morgan fingerprint density at radius 2 is 1.50 bits per heavy atom. The molecule has 2 heterocycles. The number of benzene rings is 1. The monoisotopic (exact) mass is 366 g/mol. The largest absolute Gasteiger partial charge is 0.453 e. The van der Waals surface area contributed by atoms with Crippen molar-refractivity contribution in [1.29, 1.82) is 0 Å². The second kappa shape index (κ2) is 5.33. The van der Waals surface area contributed by atoms with Gasteiger partial charge < -0.3 is 0 Å².